The molecule has 6 nitrogen and oxygen atoms in total. The van der Waals surface area contributed by atoms with Crippen molar-refractivity contribution in [1.29, 1.82) is 0 Å². The molecule has 2 aliphatic rings. The number of carbonyl (C=O) groups is 1. The zero-order chi connectivity index (χ0) is 20.1. The SMILES string of the molecule is CCO[Si](CCCOC(=O)C1CC2OC2CC1[Si](C)(C)C)(OCC)OCC. The van der Waals surface area contributed by atoms with E-state index >= 15 is 0 Å². The van der Waals surface area contributed by atoms with Gasteiger partial charge in [0.1, 0.15) is 0 Å². The molecule has 1 heterocycles. The molecule has 1 aliphatic heterocycles. The van der Waals surface area contributed by atoms with Gasteiger partial charge in [-0.3, -0.25) is 4.79 Å². The highest BCUT2D eigenvalue weighted by atomic mass is 28.4. The molecule has 0 aromatic rings. The summed E-state index contributed by atoms with van der Waals surface area (Å²) in [6.07, 6.45) is 3.22. The van der Waals surface area contributed by atoms with Gasteiger partial charge >= 0.3 is 14.8 Å². The Balaban J connectivity index is 1.85. The molecule has 0 bridgehead atoms. The molecule has 1 saturated carbocycles. The molecule has 27 heavy (non-hydrogen) atoms. The standard InChI is InChI=1S/C19H38O6Si2/c1-7-22-27(23-8-2,24-9-3)12-10-11-21-19(20)15-13-16-17(25-16)14-18(15)26(4,5)6/h15-18H,7-14H2,1-6H3. The summed E-state index contributed by atoms with van der Waals surface area (Å²) in [5.74, 6) is -0.0547. The topological polar surface area (TPSA) is 66.5 Å². The summed E-state index contributed by atoms with van der Waals surface area (Å²) in [7, 11) is -4.10. The van der Waals surface area contributed by atoms with Crippen molar-refractivity contribution in [2.45, 2.75) is 83.5 Å². The van der Waals surface area contributed by atoms with Crippen LogP contribution in [0.25, 0.3) is 0 Å². The van der Waals surface area contributed by atoms with E-state index in [4.69, 9.17) is 22.8 Å². The highest BCUT2D eigenvalue weighted by molar-refractivity contribution is 6.77. The maximum absolute atomic E-state index is 12.8. The highest BCUT2D eigenvalue weighted by Gasteiger charge is 2.54. The fraction of sp³-hybridized carbons (Fsp3) is 0.947. The van der Waals surface area contributed by atoms with E-state index in [9.17, 15) is 4.79 Å². The Kier molecular flexibility index (Phi) is 8.51. The smallest absolute Gasteiger partial charge is 0.465 e. The molecule has 4 atom stereocenters. The third kappa shape index (κ3) is 6.37. The molecule has 1 saturated heterocycles. The number of epoxide rings is 1. The molecule has 8 heteroatoms. The number of hydrogen-bond donors (Lipinski definition) is 0. The third-order valence-corrected chi connectivity index (χ3v) is 11.5. The van der Waals surface area contributed by atoms with E-state index in [0.717, 1.165) is 12.8 Å². The summed E-state index contributed by atoms with van der Waals surface area (Å²) in [6, 6.07) is 0.672. The lowest BCUT2D eigenvalue weighted by atomic mass is 9.88. The fourth-order valence-corrected chi connectivity index (χ4v) is 9.21. The normalized spacial score (nSPS) is 27.9. The lowest BCUT2D eigenvalue weighted by Crippen LogP contribution is -2.46. The van der Waals surface area contributed by atoms with Crippen LogP contribution in [0.4, 0.5) is 0 Å². The van der Waals surface area contributed by atoms with Gasteiger partial charge in [0.05, 0.1) is 24.7 Å². The van der Waals surface area contributed by atoms with E-state index in [0.29, 0.717) is 50.5 Å². The van der Waals surface area contributed by atoms with Crippen LogP contribution in [0.5, 0.6) is 0 Å². The molecule has 0 N–H and O–H groups in total. The molecule has 0 radical (unpaired) electrons. The average Bonchev–Trinajstić information content (AvgIpc) is 3.36. The van der Waals surface area contributed by atoms with Gasteiger partial charge in [-0.1, -0.05) is 19.6 Å². The molecule has 158 valence electrons. The van der Waals surface area contributed by atoms with Crippen molar-refractivity contribution in [2.75, 3.05) is 26.4 Å². The van der Waals surface area contributed by atoms with Gasteiger partial charge in [-0.25, -0.2) is 0 Å². The number of carbonyl (C=O) groups excluding carboxylic acids is 1. The van der Waals surface area contributed by atoms with Crippen LogP contribution in [0, 0.1) is 5.92 Å². The van der Waals surface area contributed by atoms with Crippen molar-refractivity contribution in [3.8, 4) is 0 Å². The van der Waals surface area contributed by atoms with Gasteiger partial charge in [-0.15, -0.1) is 0 Å². The number of esters is 1. The van der Waals surface area contributed by atoms with Crippen LogP contribution < -0.4 is 0 Å². The predicted molar refractivity (Wildman–Crippen MR) is 109 cm³/mol. The molecule has 0 amide bonds. The summed E-state index contributed by atoms with van der Waals surface area (Å²) in [5, 5.41) is 0. The summed E-state index contributed by atoms with van der Waals surface area (Å²) >= 11 is 0. The second kappa shape index (κ2) is 9.98. The maximum Gasteiger partial charge on any atom is 0.501 e. The third-order valence-electron chi connectivity index (χ3n) is 5.53. The Hall–Kier alpha value is -0.256. The average molecular weight is 419 g/mol. The van der Waals surface area contributed by atoms with Crippen molar-refractivity contribution in [2.24, 2.45) is 5.92 Å². The quantitative estimate of drug-likeness (QED) is 0.207. The number of hydrogen-bond acceptors (Lipinski definition) is 6. The Morgan fingerprint density at radius 3 is 2.04 bits per heavy atom. The van der Waals surface area contributed by atoms with Gasteiger partial charge in [0, 0.05) is 33.9 Å². The van der Waals surface area contributed by atoms with Crippen molar-refractivity contribution in [3.63, 3.8) is 0 Å². The zero-order valence-electron chi connectivity index (χ0n) is 17.9. The first-order valence-corrected chi connectivity index (χ1v) is 16.0. The number of ether oxygens (including phenoxy) is 2. The van der Waals surface area contributed by atoms with E-state index < -0.39 is 16.9 Å². The molecule has 2 fully saturated rings. The van der Waals surface area contributed by atoms with Crippen LogP contribution in [0.2, 0.25) is 31.2 Å². The van der Waals surface area contributed by atoms with Gasteiger partial charge in [-0.05, 0) is 45.6 Å². The van der Waals surface area contributed by atoms with Gasteiger partial charge in [0.15, 0.2) is 0 Å². The van der Waals surface area contributed by atoms with E-state index in [-0.39, 0.29) is 18.0 Å². The zero-order valence-corrected chi connectivity index (χ0v) is 19.9. The monoisotopic (exact) mass is 418 g/mol. The summed E-state index contributed by atoms with van der Waals surface area (Å²) in [6.45, 7) is 15.0. The largest absolute Gasteiger partial charge is 0.501 e. The Bertz CT molecular complexity index is 464. The molecule has 0 spiro atoms. The maximum atomic E-state index is 12.8. The van der Waals surface area contributed by atoms with Crippen LogP contribution >= 0.6 is 0 Å². The molecule has 0 aromatic heterocycles. The van der Waals surface area contributed by atoms with Gasteiger partial charge < -0.3 is 22.8 Å². The minimum atomic E-state index is -2.66. The second-order valence-corrected chi connectivity index (χ2v) is 16.7. The van der Waals surface area contributed by atoms with Crippen molar-refractivity contribution in [3.05, 3.63) is 0 Å². The van der Waals surface area contributed by atoms with Crippen LogP contribution in [-0.4, -0.2) is 61.5 Å². The van der Waals surface area contributed by atoms with Gasteiger partial charge in [0.25, 0.3) is 0 Å². The Morgan fingerprint density at radius 1 is 0.963 bits per heavy atom. The Labute approximate surface area is 166 Å². The van der Waals surface area contributed by atoms with E-state index in [1.54, 1.807) is 0 Å². The lowest BCUT2D eigenvalue weighted by molar-refractivity contribution is -0.149. The van der Waals surface area contributed by atoms with Crippen LogP contribution in [0.3, 0.4) is 0 Å². The van der Waals surface area contributed by atoms with Crippen molar-refractivity contribution >= 4 is 22.8 Å². The highest BCUT2D eigenvalue weighted by Crippen LogP contribution is 2.50. The summed E-state index contributed by atoms with van der Waals surface area (Å²) in [5.41, 5.74) is 0.442. The van der Waals surface area contributed by atoms with Gasteiger partial charge in [-0.2, -0.15) is 0 Å². The second-order valence-electron chi connectivity index (χ2n) is 8.52. The van der Waals surface area contributed by atoms with Crippen molar-refractivity contribution in [1.82, 2.24) is 0 Å². The first-order chi connectivity index (χ1) is 12.8. The van der Waals surface area contributed by atoms with Crippen LogP contribution in [-0.2, 0) is 27.5 Å². The number of fused-ring (bicyclic) bond motifs is 1. The number of rotatable bonds is 12. The summed E-state index contributed by atoms with van der Waals surface area (Å²) in [4.78, 5) is 12.8. The molecular weight excluding hydrogens is 380 g/mol. The van der Waals surface area contributed by atoms with Crippen LogP contribution in [0.15, 0.2) is 0 Å². The minimum absolute atomic E-state index is 0.00639. The fourth-order valence-electron chi connectivity index (χ4n) is 4.21. The van der Waals surface area contributed by atoms with Crippen LogP contribution in [0.1, 0.15) is 40.0 Å². The van der Waals surface area contributed by atoms with E-state index in [1.807, 2.05) is 20.8 Å². The first kappa shape index (κ1) is 23.0. The molecule has 4 unspecified atom stereocenters. The molecule has 2 rings (SSSR count). The lowest BCUT2D eigenvalue weighted by Gasteiger charge is -2.36. The van der Waals surface area contributed by atoms with Crippen molar-refractivity contribution < 1.29 is 27.5 Å². The molecule has 1 aliphatic carbocycles. The minimum Gasteiger partial charge on any atom is -0.465 e. The molecular formula is C19H38O6Si2. The van der Waals surface area contributed by atoms with E-state index in [2.05, 4.69) is 19.6 Å². The first-order valence-electron chi connectivity index (χ1n) is 10.5. The predicted octanol–water partition coefficient (Wildman–Crippen LogP) is 3.85. The Morgan fingerprint density at radius 2 is 1.52 bits per heavy atom. The summed E-state index contributed by atoms with van der Waals surface area (Å²) < 4.78 is 29.0. The van der Waals surface area contributed by atoms with Gasteiger partial charge in [0.2, 0.25) is 0 Å². The molecule has 0 aromatic carbocycles. The van der Waals surface area contributed by atoms with E-state index in [1.165, 1.54) is 0 Å².